The molecule has 0 saturated heterocycles. The zero-order valence-corrected chi connectivity index (χ0v) is 7.63. The number of hydrogen-bond donors (Lipinski definition) is 0. The highest BCUT2D eigenvalue weighted by atomic mass is 19.1. The van der Waals surface area contributed by atoms with Gasteiger partial charge < -0.3 is 0 Å². The molecule has 0 atom stereocenters. The van der Waals surface area contributed by atoms with Crippen molar-refractivity contribution in [2.75, 3.05) is 6.54 Å². The molecule has 0 spiro atoms. The number of halogens is 1. The minimum atomic E-state index is -0.231. The first-order valence-electron chi connectivity index (χ1n) is 4.12. The van der Waals surface area contributed by atoms with Crippen molar-refractivity contribution < 1.29 is 4.39 Å². The first kappa shape index (κ1) is 9.65. The molecule has 0 aliphatic heterocycles. The SMILES string of the molecule is C=CCN=C(C)c1cccc(F)c1. The molecule has 0 unspecified atom stereocenters. The second-order valence-electron chi connectivity index (χ2n) is 2.73. The zero-order valence-electron chi connectivity index (χ0n) is 7.63. The molecule has 0 N–H and O–H groups in total. The second-order valence-corrected chi connectivity index (χ2v) is 2.73. The van der Waals surface area contributed by atoms with Crippen LogP contribution in [0.25, 0.3) is 0 Å². The van der Waals surface area contributed by atoms with Crippen molar-refractivity contribution in [1.29, 1.82) is 0 Å². The summed E-state index contributed by atoms with van der Waals surface area (Å²) >= 11 is 0. The van der Waals surface area contributed by atoms with Crippen molar-refractivity contribution in [3.05, 3.63) is 48.3 Å². The van der Waals surface area contributed by atoms with E-state index < -0.39 is 0 Å². The molecular formula is C11H12FN. The molecular weight excluding hydrogens is 165 g/mol. The number of hydrogen-bond acceptors (Lipinski definition) is 1. The van der Waals surface area contributed by atoms with E-state index in [1.54, 1.807) is 12.1 Å². The Morgan fingerprint density at radius 3 is 3.00 bits per heavy atom. The van der Waals surface area contributed by atoms with Crippen molar-refractivity contribution in [2.45, 2.75) is 6.92 Å². The molecule has 0 saturated carbocycles. The van der Waals surface area contributed by atoms with Crippen LogP contribution in [0.2, 0.25) is 0 Å². The molecule has 13 heavy (non-hydrogen) atoms. The lowest BCUT2D eigenvalue weighted by molar-refractivity contribution is 0.627. The summed E-state index contributed by atoms with van der Waals surface area (Å²) in [5.41, 5.74) is 1.65. The molecule has 1 aromatic carbocycles. The van der Waals surface area contributed by atoms with Crippen molar-refractivity contribution in [1.82, 2.24) is 0 Å². The first-order chi connectivity index (χ1) is 6.24. The molecule has 0 aliphatic rings. The van der Waals surface area contributed by atoms with Crippen molar-refractivity contribution in [3.63, 3.8) is 0 Å². The quantitative estimate of drug-likeness (QED) is 0.497. The molecule has 0 bridgehead atoms. The molecule has 0 heterocycles. The molecule has 0 radical (unpaired) electrons. The minimum Gasteiger partial charge on any atom is -0.285 e. The van der Waals surface area contributed by atoms with Crippen LogP contribution in [-0.4, -0.2) is 12.3 Å². The highest BCUT2D eigenvalue weighted by Crippen LogP contribution is 2.04. The van der Waals surface area contributed by atoms with E-state index in [-0.39, 0.29) is 5.82 Å². The lowest BCUT2D eigenvalue weighted by atomic mass is 10.1. The van der Waals surface area contributed by atoms with Gasteiger partial charge in [-0.1, -0.05) is 18.2 Å². The van der Waals surface area contributed by atoms with E-state index in [4.69, 9.17) is 0 Å². The standard InChI is InChI=1S/C11H12FN/c1-3-7-13-9(2)10-5-4-6-11(12)8-10/h3-6,8H,1,7H2,2H3. The van der Waals surface area contributed by atoms with Crippen LogP contribution >= 0.6 is 0 Å². The van der Waals surface area contributed by atoms with Crippen LogP contribution in [0.4, 0.5) is 4.39 Å². The zero-order chi connectivity index (χ0) is 9.68. The number of rotatable bonds is 3. The van der Waals surface area contributed by atoms with Gasteiger partial charge in [0, 0.05) is 5.71 Å². The summed E-state index contributed by atoms with van der Waals surface area (Å²) in [5, 5.41) is 0. The Kier molecular flexibility index (Phi) is 3.38. The topological polar surface area (TPSA) is 12.4 Å². The average Bonchev–Trinajstić information content (AvgIpc) is 2.14. The Balaban J connectivity index is 2.88. The molecule has 1 aromatic rings. The van der Waals surface area contributed by atoms with Crippen LogP contribution in [0.5, 0.6) is 0 Å². The van der Waals surface area contributed by atoms with Crippen LogP contribution in [0.15, 0.2) is 41.9 Å². The number of aliphatic imine (C=N–C) groups is 1. The maximum absolute atomic E-state index is 12.8. The van der Waals surface area contributed by atoms with Crippen LogP contribution in [0.1, 0.15) is 12.5 Å². The van der Waals surface area contributed by atoms with E-state index >= 15 is 0 Å². The van der Waals surface area contributed by atoms with Gasteiger partial charge in [-0.05, 0) is 24.6 Å². The van der Waals surface area contributed by atoms with Crippen molar-refractivity contribution >= 4 is 5.71 Å². The Morgan fingerprint density at radius 1 is 1.62 bits per heavy atom. The fraction of sp³-hybridized carbons (Fsp3) is 0.182. The molecule has 0 fully saturated rings. The molecule has 0 aromatic heterocycles. The Labute approximate surface area is 77.6 Å². The molecule has 0 aliphatic carbocycles. The monoisotopic (exact) mass is 177 g/mol. The number of benzene rings is 1. The predicted molar refractivity (Wildman–Crippen MR) is 53.7 cm³/mol. The fourth-order valence-corrected chi connectivity index (χ4v) is 1.01. The van der Waals surface area contributed by atoms with Crippen molar-refractivity contribution in [2.24, 2.45) is 4.99 Å². The van der Waals surface area contributed by atoms with Gasteiger partial charge in [-0.15, -0.1) is 6.58 Å². The minimum absolute atomic E-state index is 0.231. The Hall–Kier alpha value is -1.44. The van der Waals surface area contributed by atoms with Gasteiger partial charge in [-0.2, -0.15) is 0 Å². The smallest absolute Gasteiger partial charge is 0.123 e. The summed E-state index contributed by atoms with van der Waals surface area (Å²) in [4.78, 5) is 4.19. The highest BCUT2D eigenvalue weighted by molar-refractivity contribution is 5.98. The van der Waals surface area contributed by atoms with Crippen LogP contribution < -0.4 is 0 Å². The van der Waals surface area contributed by atoms with Gasteiger partial charge in [-0.25, -0.2) is 4.39 Å². The molecule has 0 amide bonds. The fourth-order valence-electron chi connectivity index (χ4n) is 1.01. The van der Waals surface area contributed by atoms with Crippen LogP contribution in [0.3, 0.4) is 0 Å². The largest absolute Gasteiger partial charge is 0.285 e. The van der Waals surface area contributed by atoms with Gasteiger partial charge in [0.15, 0.2) is 0 Å². The lowest BCUT2D eigenvalue weighted by Gasteiger charge is -1.99. The second kappa shape index (κ2) is 4.55. The third-order valence-electron chi connectivity index (χ3n) is 1.70. The van der Waals surface area contributed by atoms with Gasteiger partial charge in [0.05, 0.1) is 6.54 Å². The van der Waals surface area contributed by atoms with E-state index in [0.29, 0.717) is 6.54 Å². The third-order valence-corrected chi connectivity index (χ3v) is 1.70. The van der Waals surface area contributed by atoms with Gasteiger partial charge in [-0.3, -0.25) is 4.99 Å². The number of nitrogens with zero attached hydrogens (tertiary/aromatic N) is 1. The highest BCUT2D eigenvalue weighted by Gasteiger charge is 1.97. The van der Waals surface area contributed by atoms with E-state index in [1.165, 1.54) is 12.1 Å². The van der Waals surface area contributed by atoms with Gasteiger partial charge in [0.1, 0.15) is 5.82 Å². The summed E-state index contributed by atoms with van der Waals surface area (Å²) < 4.78 is 12.8. The summed E-state index contributed by atoms with van der Waals surface area (Å²) in [7, 11) is 0. The first-order valence-corrected chi connectivity index (χ1v) is 4.12. The predicted octanol–water partition coefficient (Wildman–Crippen LogP) is 2.82. The van der Waals surface area contributed by atoms with Crippen molar-refractivity contribution in [3.8, 4) is 0 Å². The Morgan fingerprint density at radius 2 is 2.38 bits per heavy atom. The van der Waals surface area contributed by atoms with E-state index in [1.807, 2.05) is 13.0 Å². The van der Waals surface area contributed by atoms with E-state index in [2.05, 4.69) is 11.6 Å². The summed E-state index contributed by atoms with van der Waals surface area (Å²) in [5.74, 6) is -0.231. The summed E-state index contributed by atoms with van der Waals surface area (Å²) in [6, 6.07) is 6.41. The lowest BCUT2D eigenvalue weighted by Crippen LogP contribution is -1.95. The molecule has 2 heteroatoms. The molecule has 1 nitrogen and oxygen atoms in total. The third kappa shape index (κ3) is 2.82. The average molecular weight is 177 g/mol. The van der Waals surface area contributed by atoms with E-state index in [0.717, 1.165) is 11.3 Å². The Bertz CT molecular complexity index is 329. The van der Waals surface area contributed by atoms with Gasteiger partial charge in [0.2, 0.25) is 0 Å². The maximum Gasteiger partial charge on any atom is 0.123 e. The normalized spacial score (nSPS) is 11.4. The molecule has 1 rings (SSSR count). The summed E-state index contributed by atoms with van der Waals surface area (Å²) in [6.07, 6.45) is 1.71. The van der Waals surface area contributed by atoms with Crippen LogP contribution in [0, 0.1) is 5.82 Å². The van der Waals surface area contributed by atoms with Crippen LogP contribution in [-0.2, 0) is 0 Å². The molecule has 68 valence electrons. The summed E-state index contributed by atoms with van der Waals surface area (Å²) in [6.45, 7) is 5.99. The van der Waals surface area contributed by atoms with Gasteiger partial charge in [0.25, 0.3) is 0 Å². The van der Waals surface area contributed by atoms with E-state index in [9.17, 15) is 4.39 Å². The van der Waals surface area contributed by atoms with Gasteiger partial charge >= 0.3 is 0 Å². The maximum atomic E-state index is 12.8.